The van der Waals surface area contributed by atoms with Crippen molar-refractivity contribution in [2.75, 3.05) is 4.90 Å². The van der Waals surface area contributed by atoms with Crippen molar-refractivity contribution >= 4 is 35.0 Å². The van der Waals surface area contributed by atoms with Crippen LogP contribution >= 0.6 is 11.6 Å². The van der Waals surface area contributed by atoms with Crippen molar-refractivity contribution < 1.29 is 14.4 Å². The fraction of sp³-hybridized carbons (Fsp3) is 0.375. The van der Waals surface area contributed by atoms with Crippen molar-refractivity contribution in [3.8, 4) is 0 Å². The summed E-state index contributed by atoms with van der Waals surface area (Å²) in [7, 11) is 0. The molecule has 1 atom stereocenters. The molecule has 0 spiro atoms. The molecule has 2 aromatic carbocycles. The fourth-order valence-corrected chi connectivity index (χ4v) is 4.55. The zero-order chi connectivity index (χ0) is 21.1. The SMILES string of the molecule is O=C1CC(N(Cc2ccccc2)C(=O)C2CCCCC2)C(=O)N1c1ccc(Cl)cc1. The van der Waals surface area contributed by atoms with Crippen LogP contribution in [0.4, 0.5) is 5.69 Å². The third-order valence-electron chi connectivity index (χ3n) is 6.02. The van der Waals surface area contributed by atoms with Crippen LogP contribution < -0.4 is 4.90 Å². The van der Waals surface area contributed by atoms with E-state index < -0.39 is 6.04 Å². The predicted octanol–water partition coefficient (Wildman–Crippen LogP) is 4.58. The maximum Gasteiger partial charge on any atom is 0.257 e. The van der Waals surface area contributed by atoms with Crippen LogP contribution in [0.25, 0.3) is 0 Å². The highest BCUT2D eigenvalue weighted by molar-refractivity contribution is 6.30. The molecule has 2 fully saturated rings. The molecule has 6 heteroatoms. The van der Waals surface area contributed by atoms with Gasteiger partial charge in [0, 0.05) is 17.5 Å². The maximum absolute atomic E-state index is 13.5. The van der Waals surface area contributed by atoms with Crippen molar-refractivity contribution in [3.63, 3.8) is 0 Å². The summed E-state index contributed by atoms with van der Waals surface area (Å²) in [5, 5.41) is 0.535. The summed E-state index contributed by atoms with van der Waals surface area (Å²) in [4.78, 5) is 42.4. The molecular formula is C24H25ClN2O3. The standard InChI is InChI=1S/C24H25ClN2O3/c25-19-11-13-20(14-12-19)27-22(28)15-21(24(27)30)26(16-17-7-3-1-4-8-17)23(29)18-9-5-2-6-10-18/h1,3-4,7-8,11-14,18,21H,2,5-6,9-10,15-16H2. The van der Waals surface area contributed by atoms with E-state index >= 15 is 0 Å². The largest absolute Gasteiger partial charge is 0.326 e. The van der Waals surface area contributed by atoms with Crippen molar-refractivity contribution in [3.05, 3.63) is 65.2 Å². The molecule has 1 heterocycles. The van der Waals surface area contributed by atoms with Crippen LogP contribution in [0.2, 0.25) is 5.02 Å². The third kappa shape index (κ3) is 4.26. The lowest BCUT2D eigenvalue weighted by atomic mass is 9.87. The average molecular weight is 425 g/mol. The number of imide groups is 1. The number of carbonyl (C=O) groups excluding carboxylic acids is 3. The summed E-state index contributed by atoms with van der Waals surface area (Å²) in [5.41, 5.74) is 1.44. The first kappa shape index (κ1) is 20.6. The molecule has 3 amide bonds. The highest BCUT2D eigenvalue weighted by Crippen LogP contribution is 2.31. The molecule has 156 valence electrons. The minimum Gasteiger partial charge on any atom is -0.326 e. The lowest BCUT2D eigenvalue weighted by Crippen LogP contribution is -2.47. The molecule has 2 aliphatic rings. The van der Waals surface area contributed by atoms with Gasteiger partial charge in [0.2, 0.25) is 11.8 Å². The molecule has 0 radical (unpaired) electrons. The zero-order valence-corrected chi connectivity index (χ0v) is 17.6. The van der Waals surface area contributed by atoms with Crippen molar-refractivity contribution in [2.45, 2.75) is 51.1 Å². The molecule has 30 heavy (non-hydrogen) atoms. The number of rotatable bonds is 5. The number of nitrogens with zero attached hydrogens (tertiary/aromatic N) is 2. The van der Waals surface area contributed by atoms with E-state index in [9.17, 15) is 14.4 Å². The van der Waals surface area contributed by atoms with Crippen LogP contribution in [0, 0.1) is 5.92 Å². The van der Waals surface area contributed by atoms with E-state index in [1.165, 1.54) is 4.90 Å². The Bertz CT molecular complexity index is 923. The number of hydrogen-bond acceptors (Lipinski definition) is 3. The highest BCUT2D eigenvalue weighted by atomic mass is 35.5. The Balaban J connectivity index is 1.62. The number of halogens is 1. The summed E-state index contributed by atoms with van der Waals surface area (Å²) in [6.07, 6.45) is 4.91. The molecule has 1 saturated carbocycles. The maximum atomic E-state index is 13.5. The summed E-state index contributed by atoms with van der Waals surface area (Å²) < 4.78 is 0. The van der Waals surface area contributed by atoms with E-state index in [1.807, 2.05) is 30.3 Å². The van der Waals surface area contributed by atoms with Gasteiger partial charge in [-0.05, 0) is 42.7 Å². The summed E-state index contributed by atoms with van der Waals surface area (Å²) in [6, 6.07) is 15.5. The second kappa shape index (κ2) is 9.00. The molecule has 1 aliphatic carbocycles. The third-order valence-corrected chi connectivity index (χ3v) is 6.27. The van der Waals surface area contributed by atoms with Gasteiger partial charge in [-0.25, -0.2) is 4.90 Å². The average Bonchev–Trinajstić information content (AvgIpc) is 3.07. The molecule has 5 nitrogen and oxygen atoms in total. The normalized spacial score (nSPS) is 19.9. The first-order valence-electron chi connectivity index (χ1n) is 10.5. The van der Waals surface area contributed by atoms with Crippen LogP contribution in [-0.2, 0) is 20.9 Å². The van der Waals surface area contributed by atoms with Crippen molar-refractivity contribution in [1.29, 1.82) is 0 Å². The van der Waals surface area contributed by atoms with Gasteiger partial charge in [0.15, 0.2) is 0 Å². The van der Waals surface area contributed by atoms with Gasteiger partial charge in [-0.3, -0.25) is 14.4 Å². The molecule has 1 aliphatic heterocycles. The van der Waals surface area contributed by atoms with Gasteiger partial charge in [-0.1, -0.05) is 61.2 Å². The van der Waals surface area contributed by atoms with E-state index in [2.05, 4.69) is 0 Å². The minimum absolute atomic E-state index is 0.00670. The van der Waals surface area contributed by atoms with Crippen LogP contribution in [-0.4, -0.2) is 28.7 Å². The van der Waals surface area contributed by atoms with Crippen LogP contribution in [0.3, 0.4) is 0 Å². The van der Waals surface area contributed by atoms with Gasteiger partial charge in [0.05, 0.1) is 12.1 Å². The molecule has 0 bridgehead atoms. The Kier molecular flexibility index (Phi) is 6.18. The number of amides is 3. The predicted molar refractivity (Wildman–Crippen MR) is 116 cm³/mol. The molecule has 1 saturated heterocycles. The van der Waals surface area contributed by atoms with Crippen LogP contribution in [0.15, 0.2) is 54.6 Å². The van der Waals surface area contributed by atoms with Crippen LogP contribution in [0.1, 0.15) is 44.1 Å². The zero-order valence-electron chi connectivity index (χ0n) is 16.8. The molecular weight excluding hydrogens is 400 g/mol. The number of hydrogen-bond donors (Lipinski definition) is 0. The lowest BCUT2D eigenvalue weighted by Gasteiger charge is -2.32. The quantitative estimate of drug-likeness (QED) is 0.660. The summed E-state index contributed by atoms with van der Waals surface area (Å²) in [6.45, 7) is 0.328. The molecule has 4 rings (SSSR count). The Labute approximate surface area is 181 Å². The molecule has 2 aromatic rings. The monoisotopic (exact) mass is 424 g/mol. The Morgan fingerprint density at radius 2 is 1.63 bits per heavy atom. The Hall–Kier alpha value is -2.66. The van der Waals surface area contributed by atoms with Gasteiger partial charge < -0.3 is 4.90 Å². The van der Waals surface area contributed by atoms with Crippen molar-refractivity contribution in [1.82, 2.24) is 4.90 Å². The fourth-order valence-electron chi connectivity index (χ4n) is 4.43. The van der Waals surface area contributed by atoms with E-state index in [4.69, 9.17) is 11.6 Å². The number of anilines is 1. The topological polar surface area (TPSA) is 57.7 Å². The second-order valence-corrected chi connectivity index (χ2v) is 8.49. The second-order valence-electron chi connectivity index (χ2n) is 8.05. The van der Waals surface area contributed by atoms with E-state index in [0.29, 0.717) is 17.3 Å². The molecule has 1 unspecified atom stereocenters. The first-order valence-corrected chi connectivity index (χ1v) is 10.9. The van der Waals surface area contributed by atoms with E-state index in [-0.39, 0.29) is 30.1 Å². The summed E-state index contributed by atoms with van der Waals surface area (Å²) in [5.74, 6) is -0.721. The highest BCUT2D eigenvalue weighted by Gasteiger charge is 2.45. The van der Waals surface area contributed by atoms with Crippen LogP contribution in [0.5, 0.6) is 0 Å². The first-order chi connectivity index (χ1) is 14.5. The van der Waals surface area contributed by atoms with Gasteiger partial charge in [0.25, 0.3) is 5.91 Å². The Morgan fingerprint density at radius 1 is 0.967 bits per heavy atom. The van der Waals surface area contributed by atoms with Gasteiger partial charge >= 0.3 is 0 Å². The molecule has 0 aromatic heterocycles. The minimum atomic E-state index is -0.775. The van der Waals surface area contributed by atoms with Gasteiger partial charge in [-0.2, -0.15) is 0 Å². The molecule has 0 N–H and O–H groups in total. The number of benzene rings is 2. The van der Waals surface area contributed by atoms with E-state index in [0.717, 1.165) is 37.7 Å². The van der Waals surface area contributed by atoms with Gasteiger partial charge in [-0.15, -0.1) is 0 Å². The summed E-state index contributed by atoms with van der Waals surface area (Å²) >= 11 is 5.95. The lowest BCUT2D eigenvalue weighted by molar-refractivity contribution is -0.143. The van der Waals surface area contributed by atoms with Gasteiger partial charge in [0.1, 0.15) is 6.04 Å². The Morgan fingerprint density at radius 3 is 2.30 bits per heavy atom. The smallest absolute Gasteiger partial charge is 0.257 e. The number of carbonyl (C=O) groups is 3. The van der Waals surface area contributed by atoms with E-state index in [1.54, 1.807) is 29.2 Å². The van der Waals surface area contributed by atoms with Crippen molar-refractivity contribution in [2.24, 2.45) is 5.92 Å².